The van der Waals surface area contributed by atoms with Crippen molar-refractivity contribution in [1.82, 2.24) is 19.7 Å². The van der Waals surface area contributed by atoms with E-state index in [-0.39, 0.29) is 33.6 Å². The lowest BCUT2D eigenvalue weighted by Crippen LogP contribution is -2.37. The van der Waals surface area contributed by atoms with Crippen molar-refractivity contribution < 1.29 is 26.8 Å². The number of amides is 2. The number of benzene rings is 3. The number of nitrogens with zero attached hydrogens (tertiary/aromatic N) is 3. The molecule has 5 aromatic rings. The number of likely N-dealkylation sites (tertiary alicyclic amines) is 1. The number of aromatic amines is 1. The second-order valence-electron chi connectivity index (χ2n) is 10.1. The van der Waals surface area contributed by atoms with Crippen LogP contribution in [0.2, 0.25) is 0 Å². The van der Waals surface area contributed by atoms with Gasteiger partial charge in [0.1, 0.15) is 11.6 Å². The van der Waals surface area contributed by atoms with Crippen LogP contribution in [0.5, 0.6) is 0 Å². The highest BCUT2D eigenvalue weighted by Gasteiger charge is 2.29. The topological polar surface area (TPSA) is 117 Å². The largest absolute Gasteiger partial charge is 0.352 e. The van der Waals surface area contributed by atoms with E-state index in [0.29, 0.717) is 23.7 Å². The maximum atomic E-state index is 13.7. The zero-order chi connectivity index (χ0) is 29.4. The molecule has 2 aromatic heterocycles. The van der Waals surface area contributed by atoms with Crippen molar-refractivity contribution in [3.63, 3.8) is 0 Å². The molecule has 3 aromatic carbocycles. The van der Waals surface area contributed by atoms with Gasteiger partial charge in [0.2, 0.25) is 9.84 Å². The summed E-state index contributed by atoms with van der Waals surface area (Å²) in [6, 6.07) is 16.4. The summed E-state index contributed by atoms with van der Waals surface area (Å²) in [5.74, 6) is -2.58. The van der Waals surface area contributed by atoms with Gasteiger partial charge in [-0.2, -0.15) is 5.10 Å². The van der Waals surface area contributed by atoms with Gasteiger partial charge in [0.15, 0.2) is 5.82 Å². The van der Waals surface area contributed by atoms with Crippen molar-refractivity contribution in [2.24, 2.45) is 0 Å². The van der Waals surface area contributed by atoms with Gasteiger partial charge < -0.3 is 14.8 Å². The molecule has 9 nitrogen and oxygen atoms in total. The number of rotatable bonds is 7. The number of halogens is 2. The van der Waals surface area contributed by atoms with Gasteiger partial charge in [-0.3, -0.25) is 14.7 Å². The summed E-state index contributed by atoms with van der Waals surface area (Å²) in [6.45, 7) is 1.39. The highest BCUT2D eigenvalue weighted by molar-refractivity contribution is 7.91. The Morgan fingerprint density at radius 1 is 0.929 bits per heavy atom. The summed E-state index contributed by atoms with van der Waals surface area (Å²) in [5.41, 5.74) is 1.18. The zero-order valence-corrected chi connectivity index (χ0v) is 22.9. The highest BCUT2D eigenvalue weighted by atomic mass is 32.2. The van der Waals surface area contributed by atoms with Crippen molar-refractivity contribution in [2.75, 3.05) is 11.9 Å². The minimum Gasteiger partial charge on any atom is -0.352 e. The van der Waals surface area contributed by atoms with Gasteiger partial charge in [-0.25, -0.2) is 17.2 Å². The Morgan fingerprint density at radius 3 is 2.33 bits per heavy atom. The Hall–Kier alpha value is -4.84. The fraction of sp³-hybridized carbons (Fsp3) is 0.167. The molecule has 6 rings (SSSR count). The SMILES string of the molecule is O=C(Nc1n[nH]c2ccc(S(=O)(=O)c3cc(F)cc(F)c3)cc12)c1ccc(C(=O)N2CCC[C@@H]2Cn2cccc2)cc1. The Morgan fingerprint density at radius 2 is 1.62 bits per heavy atom. The van der Waals surface area contributed by atoms with Gasteiger partial charge in [0, 0.05) is 54.1 Å². The second-order valence-corrected chi connectivity index (χ2v) is 12.0. The number of hydrogen-bond acceptors (Lipinski definition) is 5. The van der Waals surface area contributed by atoms with E-state index in [0.717, 1.165) is 31.5 Å². The van der Waals surface area contributed by atoms with Gasteiger partial charge in [-0.15, -0.1) is 0 Å². The Kier molecular flexibility index (Phi) is 7.07. The number of sulfone groups is 1. The molecule has 0 unspecified atom stereocenters. The number of carbonyl (C=O) groups excluding carboxylic acids is 2. The number of fused-ring (bicyclic) bond motifs is 1. The molecule has 12 heteroatoms. The third-order valence-corrected chi connectivity index (χ3v) is 9.07. The molecule has 1 fully saturated rings. The third kappa shape index (κ3) is 5.28. The lowest BCUT2D eigenvalue weighted by Gasteiger charge is -2.25. The molecule has 1 atom stereocenters. The van der Waals surface area contributed by atoms with Crippen LogP contribution in [0.1, 0.15) is 33.6 Å². The van der Waals surface area contributed by atoms with Crippen molar-refractivity contribution >= 4 is 38.4 Å². The molecule has 0 saturated carbocycles. The molecule has 42 heavy (non-hydrogen) atoms. The van der Waals surface area contributed by atoms with Crippen LogP contribution in [0.15, 0.2) is 95.0 Å². The van der Waals surface area contributed by atoms with Crippen molar-refractivity contribution in [2.45, 2.75) is 35.2 Å². The first kappa shape index (κ1) is 27.3. The molecular formula is C30H25F2N5O4S. The first-order valence-corrected chi connectivity index (χ1v) is 14.7. The summed E-state index contributed by atoms with van der Waals surface area (Å²) < 4.78 is 55.6. The summed E-state index contributed by atoms with van der Waals surface area (Å²) in [6.07, 6.45) is 5.80. The fourth-order valence-corrected chi connectivity index (χ4v) is 6.54. The number of carbonyl (C=O) groups is 2. The summed E-state index contributed by atoms with van der Waals surface area (Å²) in [5, 5.41) is 9.76. The fourth-order valence-electron chi connectivity index (χ4n) is 5.21. The number of aromatic nitrogens is 3. The van der Waals surface area contributed by atoms with Crippen LogP contribution in [0.4, 0.5) is 14.6 Å². The van der Waals surface area contributed by atoms with E-state index in [1.54, 1.807) is 24.3 Å². The van der Waals surface area contributed by atoms with Crippen LogP contribution in [0, 0.1) is 11.6 Å². The molecule has 0 bridgehead atoms. The molecule has 0 spiro atoms. The molecule has 3 heterocycles. The predicted octanol–water partition coefficient (Wildman–Crippen LogP) is 5.03. The van der Waals surface area contributed by atoms with Crippen LogP contribution in [0.25, 0.3) is 10.9 Å². The van der Waals surface area contributed by atoms with Gasteiger partial charge in [-0.1, -0.05) is 0 Å². The van der Waals surface area contributed by atoms with Gasteiger partial charge in [0.25, 0.3) is 11.8 Å². The lowest BCUT2D eigenvalue weighted by atomic mass is 10.1. The van der Waals surface area contributed by atoms with E-state index in [9.17, 15) is 26.8 Å². The van der Waals surface area contributed by atoms with Crippen molar-refractivity contribution in [3.05, 3.63) is 108 Å². The molecule has 0 aliphatic carbocycles. The minimum atomic E-state index is -4.26. The summed E-state index contributed by atoms with van der Waals surface area (Å²) >= 11 is 0. The molecule has 214 valence electrons. The molecule has 1 saturated heterocycles. The van der Waals surface area contributed by atoms with E-state index in [1.165, 1.54) is 18.2 Å². The third-order valence-electron chi connectivity index (χ3n) is 7.34. The zero-order valence-electron chi connectivity index (χ0n) is 22.1. The first-order chi connectivity index (χ1) is 20.2. The predicted molar refractivity (Wildman–Crippen MR) is 151 cm³/mol. The average molecular weight is 590 g/mol. The average Bonchev–Trinajstić information content (AvgIpc) is 3.74. The number of hydrogen-bond donors (Lipinski definition) is 2. The number of anilines is 1. The molecule has 2 amide bonds. The van der Waals surface area contributed by atoms with Crippen molar-refractivity contribution in [3.8, 4) is 0 Å². The number of nitrogens with one attached hydrogen (secondary N) is 2. The maximum absolute atomic E-state index is 13.7. The Bertz CT molecular complexity index is 1880. The summed E-state index contributed by atoms with van der Waals surface area (Å²) in [4.78, 5) is 27.4. The van der Waals surface area contributed by atoms with Gasteiger partial charge >= 0.3 is 0 Å². The highest BCUT2D eigenvalue weighted by Crippen LogP contribution is 2.29. The first-order valence-electron chi connectivity index (χ1n) is 13.2. The van der Waals surface area contributed by atoms with E-state index < -0.39 is 32.3 Å². The molecular weight excluding hydrogens is 564 g/mol. The normalized spacial score (nSPS) is 15.3. The van der Waals surface area contributed by atoms with Crippen LogP contribution in [0.3, 0.4) is 0 Å². The Balaban J connectivity index is 1.19. The van der Waals surface area contributed by atoms with E-state index in [1.807, 2.05) is 29.4 Å². The van der Waals surface area contributed by atoms with Gasteiger partial charge in [0.05, 0.1) is 15.3 Å². The monoisotopic (exact) mass is 589 g/mol. The quantitative estimate of drug-likeness (QED) is 0.276. The van der Waals surface area contributed by atoms with Crippen LogP contribution in [-0.2, 0) is 16.4 Å². The minimum absolute atomic E-state index is 0.0718. The standard InChI is InChI=1S/C30H25F2N5O4S/c31-21-14-22(32)16-25(15-21)42(40,41)24-9-10-27-26(17-24)28(35-34-27)33-29(38)19-5-7-20(8-6-19)30(39)37-13-3-4-23(37)18-36-11-1-2-12-36/h1-2,5-12,14-17,23H,3-4,13,18H2,(H2,33,34,35,38)/t23-/m1/s1. The number of H-pyrrole nitrogens is 1. The van der Waals surface area contributed by atoms with Crippen molar-refractivity contribution in [1.29, 1.82) is 0 Å². The van der Waals surface area contributed by atoms with Crippen LogP contribution >= 0.6 is 0 Å². The Labute approximate surface area is 239 Å². The molecule has 1 aliphatic rings. The van der Waals surface area contributed by atoms with E-state index in [4.69, 9.17) is 0 Å². The lowest BCUT2D eigenvalue weighted by molar-refractivity contribution is 0.0724. The van der Waals surface area contributed by atoms with E-state index in [2.05, 4.69) is 20.1 Å². The second kappa shape index (κ2) is 10.9. The summed E-state index contributed by atoms with van der Waals surface area (Å²) in [7, 11) is -4.26. The van der Waals surface area contributed by atoms with E-state index >= 15 is 0 Å². The maximum Gasteiger partial charge on any atom is 0.256 e. The van der Waals surface area contributed by atoms with Crippen LogP contribution < -0.4 is 5.32 Å². The molecule has 1 aliphatic heterocycles. The molecule has 0 radical (unpaired) electrons. The molecule has 2 N–H and O–H groups in total. The van der Waals surface area contributed by atoms with Gasteiger partial charge in [-0.05, 0) is 79.6 Å². The van der Waals surface area contributed by atoms with Crippen LogP contribution in [-0.4, -0.2) is 52.5 Å². The smallest absolute Gasteiger partial charge is 0.256 e.